The molecule has 0 spiro atoms. The van der Waals surface area contributed by atoms with Crippen molar-refractivity contribution in [2.24, 2.45) is 11.8 Å². The number of nitrogens with zero attached hydrogens (tertiary/aromatic N) is 4. The number of anilines is 1. The summed E-state index contributed by atoms with van der Waals surface area (Å²) in [5, 5.41) is 7.86. The van der Waals surface area contributed by atoms with Gasteiger partial charge in [0.05, 0.1) is 6.04 Å². The molecule has 1 aliphatic carbocycles. The topological polar surface area (TPSA) is 90.7 Å². The summed E-state index contributed by atoms with van der Waals surface area (Å²) >= 11 is 0. The third-order valence-corrected chi connectivity index (χ3v) is 6.21. The van der Waals surface area contributed by atoms with Gasteiger partial charge in [0.25, 0.3) is 0 Å². The molecule has 4 rings (SSSR count). The average molecular weight is 530 g/mol. The van der Waals surface area contributed by atoms with E-state index in [1.54, 1.807) is 4.90 Å². The van der Waals surface area contributed by atoms with E-state index in [1.807, 2.05) is 34.6 Å². The third kappa shape index (κ3) is 6.55. The molecule has 13 heteroatoms. The van der Waals surface area contributed by atoms with Crippen molar-refractivity contribution in [3.63, 3.8) is 0 Å². The van der Waals surface area contributed by atoms with Crippen LogP contribution < -0.4 is 14.8 Å². The van der Waals surface area contributed by atoms with Gasteiger partial charge in [-0.1, -0.05) is 0 Å². The molecule has 1 saturated heterocycles. The summed E-state index contributed by atoms with van der Waals surface area (Å²) in [7, 11) is 0. The Labute approximate surface area is 212 Å². The largest absolute Gasteiger partial charge is 0.573 e. The average Bonchev–Trinajstić information content (AvgIpc) is 3.24. The van der Waals surface area contributed by atoms with Crippen LogP contribution in [-0.4, -0.2) is 56.9 Å². The first-order valence-corrected chi connectivity index (χ1v) is 12.1. The number of ether oxygens (including phenoxy) is 3. The van der Waals surface area contributed by atoms with Gasteiger partial charge in [-0.05, 0) is 71.4 Å². The number of hydrogen-bond acceptors (Lipinski definition) is 7. The van der Waals surface area contributed by atoms with Crippen molar-refractivity contribution < 1.29 is 36.6 Å². The highest BCUT2D eigenvalue weighted by atomic mass is 19.4. The van der Waals surface area contributed by atoms with Gasteiger partial charge in [0.15, 0.2) is 11.6 Å². The van der Waals surface area contributed by atoms with Crippen LogP contribution in [0, 0.1) is 17.7 Å². The van der Waals surface area contributed by atoms with E-state index in [9.17, 15) is 22.4 Å². The Hall–Kier alpha value is -3.25. The standard InChI is InChI=1S/C24H31F4N5O4/c1-13(2)33-21(35-16-8-9-18(17(25)10-16)36-24(26,27)28)30-20(31-33)29-19-14-6-7-15(19)12-32(11-14)22(34)37-23(3,4)5/h8-10,13-15,19H,6-7,11-12H2,1-5H3,(H,29,31)/t14-,15+,19?. The van der Waals surface area contributed by atoms with E-state index in [4.69, 9.17) is 9.47 Å². The van der Waals surface area contributed by atoms with Crippen molar-refractivity contribution in [3.05, 3.63) is 24.0 Å². The van der Waals surface area contributed by atoms with Crippen LogP contribution >= 0.6 is 0 Å². The zero-order valence-electron chi connectivity index (χ0n) is 21.3. The van der Waals surface area contributed by atoms with Gasteiger partial charge in [-0.25, -0.2) is 13.9 Å². The summed E-state index contributed by atoms with van der Waals surface area (Å²) in [5.74, 6) is -1.54. The summed E-state index contributed by atoms with van der Waals surface area (Å²) in [6.07, 6.45) is -3.44. The van der Waals surface area contributed by atoms with Crippen LogP contribution in [0.5, 0.6) is 17.5 Å². The lowest BCUT2D eigenvalue weighted by Gasteiger charge is -2.38. The minimum atomic E-state index is -5.01. The Bertz CT molecular complexity index is 1120. The van der Waals surface area contributed by atoms with Crippen LogP contribution in [-0.2, 0) is 4.74 Å². The van der Waals surface area contributed by atoms with E-state index in [2.05, 4.69) is 20.1 Å². The SMILES string of the molecule is CC(C)n1nc(NC2[C@@H]3CC[C@H]2CN(C(=O)OC(C)(C)C)C3)nc1Oc1ccc(OC(F)(F)F)c(F)c1. The number of amides is 1. The maximum absolute atomic E-state index is 14.1. The Kier molecular flexibility index (Phi) is 7.17. The lowest BCUT2D eigenvalue weighted by atomic mass is 9.92. The Morgan fingerprint density at radius 1 is 1.14 bits per heavy atom. The van der Waals surface area contributed by atoms with Gasteiger partial charge >= 0.3 is 18.5 Å². The number of nitrogens with one attached hydrogen (secondary N) is 1. The molecule has 2 aliphatic rings. The van der Waals surface area contributed by atoms with Crippen LogP contribution in [0.3, 0.4) is 0 Å². The van der Waals surface area contributed by atoms with Crippen molar-refractivity contribution in [2.75, 3.05) is 18.4 Å². The number of halogens is 4. The molecular weight excluding hydrogens is 498 g/mol. The normalized spacial score (nSPS) is 21.8. The molecule has 2 aromatic rings. The number of hydrogen-bond donors (Lipinski definition) is 1. The van der Waals surface area contributed by atoms with E-state index >= 15 is 0 Å². The number of fused-ring (bicyclic) bond motifs is 2. The monoisotopic (exact) mass is 529 g/mol. The van der Waals surface area contributed by atoms with Crippen LogP contribution in [0.15, 0.2) is 18.2 Å². The quantitative estimate of drug-likeness (QED) is 0.477. The molecule has 2 heterocycles. The number of carbonyl (C=O) groups excluding carboxylic acids is 1. The molecule has 3 atom stereocenters. The maximum Gasteiger partial charge on any atom is 0.573 e. The van der Waals surface area contributed by atoms with E-state index in [-0.39, 0.29) is 41.8 Å². The molecule has 37 heavy (non-hydrogen) atoms. The molecule has 0 radical (unpaired) electrons. The zero-order valence-corrected chi connectivity index (χ0v) is 21.3. The van der Waals surface area contributed by atoms with Gasteiger partial charge in [0, 0.05) is 25.2 Å². The lowest BCUT2D eigenvalue weighted by molar-refractivity contribution is -0.275. The van der Waals surface area contributed by atoms with E-state index in [0.29, 0.717) is 19.0 Å². The molecule has 1 amide bonds. The molecule has 1 unspecified atom stereocenters. The third-order valence-electron chi connectivity index (χ3n) is 6.21. The number of piperidine rings is 1. The summed E-state index contributed by atoms with van der Waals surface area (Å²) in [6.45, 7) is 10.3. The van der Waals surface area contributed by atoms with E-state index in [1.165, 1.54) is 4.68 Å². The molecule has 2 fully saturated rings. The summed E-state index contributed by atoms with van der Waals surface area (Å²) in [6, 6.07) is 2.72. The molecule has 1 saturated carbocycles. The minimum Gasteiger partial charge on any atom is -0.444 e. The molecule has 1 aromatic heterocycles. The van der Waals surface area contributed by atoms with Gasteiger partial charge in [0.2, 0.25) is 5.95 Å². The summed E-state index contributed by atoms with van der Waals surface area (Å²) < 4.78 is 67.7. The van der Waals surface area contributed by atoms with Gasteiger partial charge in [-0.2, -0.15) is 4.98 Å². The number of aromatic nitrogens is 3. The Morgan fingerprint density at radius 3 is 2.32 bits per heavy atom. The molecule has 1 aliphatic heterocycles. The molecule has 2 bridgehead atoms. The number of alkyl halides is 3. The maximum atomic E-state index is 14.1. The number of carbonyl (C=O) groups is 1. The summed E-state index contributed by atoms with van der Waals surface area (Å²) in [5.41, 5.74) is -0.566. The Balaban J connectivity index is 1.46. The molecule has 1 N–H and O–H groups in total. The fraction of sp³-hybridized carbons (Fsp3) is 0.625. The first-order valence-electron chi connectivity index (χ1n) is 12.1. The molecule has 204 valence electrons. The van der Waals surface area contributed by atoms with Crippen LogP contribution in [0.4, 0.5) is 28.3 Å². The molecular formula is C24H31F4N5O4. The van der Waals surface area contributed by atoms with Gasteiger partial charge in [-0.3, -0.25) is 0 Å². The van der Waals surface area contributed by atoms with Crippen LogP contribution in [0.25, 0.3) is 0 Å². The smallest absolute Gasteiger partial charge is 0.444 e. The lowest BCUT2D eigenvalue weighted by Crippen LogP contribution is -2.51. The second-order valence-corrected chi connectivity index (χ2v) is 10.7. The highest BCUT2D eigenvalue weighted by molar-refractivity contribution is 5.68. The van der Waals surface area contributed by atoms with Crippen molar-refractivity contribution in [1.29, 1.82) is 0 Å². The number of rotatable bonds is 6. The predicted octanol–water partition coefficient (Wildman–Crippen LogP) is 5.75. The fourth-order valence-electron chi connectivity index (χ4n) is 4.72. The summed E-state index contributed by atoms with van der Waals surface area (Å²) in [4.78, 5) is 18.7. The van der Waals surface area contributed by atoms with Crippen LogP contribution in [0.1, 0.15) is 53.5 Å². The van der Waals surface area contributed by atoms with Crippen molar-refractivity contribution in [2.45, 2.75) is 71.5 Å². The highest BCUT2D eigenvalue weighted by Gasteiger charge is 2.44. The molecule has 1 aromatic carbocycles. The van der Waals surface area contributed by atoms with Gasteiger partial charge in [0.1, 0.15) is 11.4 Å². The fourth-order valence-corrected chi connectivity index (χ4v) is 4.72. The van der Waals surface area contributed by atoms with Gasteiger partial charge < -0.3 is 24.4 Å². The van der Waals surface area contributed by atoms with Crippen LogP contribution in [0.2, 0.25) is 0 Å². The second kappa shape index (κ2) is 9.90. The zero-order chi connectivity index (χ0) is 27.1. The van der Waals surface area contributed by atoms with Gasteiger partial charge in [-0.15, -0.1) is 18.3 Å². The van der Waals surface area contributed by atoms with Crippen molar-refractivity contribution >= 4 is 12.0 Å². The predicted molar refractivity (Wildman–Crippen MR) is 125 cm³/mol. The first kappa shape index (κ1) is 26.8. The van der Waals surface area contributed by atoms with Crippen molar-refractivity contribution in [1.82, 2.24) is 19.7 Å². The van der Waals surface area contributed by atoms with Crippen molar-refractivity contribution in [3.8, 4) is 17.5 Å². The number of likely N-dealkylation sites (tertiary alicyclic amines) is 1. The highest BCUT2D eigenvalue weighted by Crippen LogP contribution is 2.39. The second-order valence-electron chi connectivity index (χ2n) is 10.7. The minimum absolute atomic E-state index is 0.0470. The van der Waals surface area contributed by atoms with E-state index < -0.39 is 23.5 Å². The Morgan fingerprint density at radius 2 is 1.78 bits per heavy atom. The molecule has 9 nitrogen and oxygen atoms in total. The number of benzene rings is 1. The first-order chi connectivity index (χ1) is 17.2. The van der Waals surface area contributed by atoms with E-state index in [0.717, 1.165) is 31.0 Å².